The highest BCUT2D eigenvalue weighted by Gasteiger charge is 2.30. The molecule has 2 N–H and O–H groups in total. The predicted octanol–water partition coefficient (Wildman–Crippen LogP) is 3.94. The van der Waals surface area contributed by atoms with Gasteiger partial charge >= 0.3 is 6.36 Å². The SMILES string of the molecule is C=CCCCC(N)c1ccc(OC(F)(F)F)cc1. The van der Waals surface area contributed by atoms with Crippen LogP contribution in [0.4, 0.5) is 13.2 Å². The molecule has 0 amide bonds. The van der Waals surface area contributed by atoms with Gasteiger partial charge in [0.25, 0.3) is 0 Å². The van der Waals surface area contributed by atoms with E-state index in [0.717, 1.165) is 24.8 Å². The number of rotatable bonds is 6. The Morgan fingerprint density at radius 2 is 1.89 bits per heavy atom. The van der Waals surface area contributed by atoms with Crippen molar-refractivity contribution in [1.82, 2.24) is 0 Å². The predicted molar refractivity (Wildman–Crippen MR) is 64.1 cm³/mol. The number of halogens is 3. The number of hydrogen-bond acceptors (Lipinski definition) is 2. The molecule has 2 nitrogen and oxygen atoms in total. The first-order valence-corrected chi connectivity index (χ1v) is 5.64. The summed E-state index contributed by atoms with van der Waals surface area (Å²) in [4.78, 5) is 0. The highest BCUT2D eigenvalue weighted by atomic mass is 19.4. The molecule has 0 aliphatic heterocycles. The molecule has 100 valence electrons. The molecule has 0 bridgehead atoms. The van der Waals surface area contributed by atoms with E-state index in [2.05, 4.69) is 11.3 Å². The van der Waals surface area contributed by atoms with Crippen LogP contribution >= 0.6 is 0 Å². The Balaban J connectivity index is 2.56. The van der Waals surface area contributed by atoms with E-state index < -0.39 is 6.36 Å². The van der Waals surface area contributed by atoms with E-state index in [9.17, 15) is 13.2 Å². The lowest BCUT2D eigenvalue weighted by atomic mass is 10.0. The van der Waals surface area contributed by atoms with Gasteiger partial charge in [0.05, 0.1) is 0 Å². The first-order chi connectivity index (χ1) is 8.42. The van der Waals surface area contributed by atoms with E-state index >= 15 is 0 Å². The van der Waals surface area contributed by atoms with Gasteiger partial charge in [-0.3, -0.25) is 0 Å². The van der Waals surface area contributed by atoms with Crippen LogP contribution in [0.1, 0.15) is 30.9 Å². The van der Waals surface area contributed by atoms with Gasteiger partial charge in [-0.2, -0.15) is 0 Å². The molecule has 0 fully saturated rings. The van der Waals surface area contributed by atoms with E-state index in [0.29, 0.717) is 0 Å². The molecule has 0 aromatic heterocycles. The van der Waals surface area contributed by atoms with Gasteiger partial charge in [-0.15, -0.1) is 19.8 Å². The van der Waals surface area contributed by atoms with Gasteiger partial charge in [0.15, 0.2) is 0 Å². The van der Waals surface area contributed by atoms with Crippen LogP contribution in [0.25, 0.3) is 0 Å². The van der Waals surface area contributed by atoms with E-state index in [1.807, 2.05) is 6.08 Å². The average Bonchev–Trinajstić information content (AvgIpc) is 2.28. The molecule has 0 saturated carbocycles. The average molecular weight is 259 g/mol. The zero-order valence-corrected chi connectivity index (χ0v) is 9.91. The molecule has 1 rings (SSSR count). The fourth-order valence-corrected chi connectivity index (χ4v) is 1.57. The molecule has 1 unspecified atom stereocenters. The van der Waals surface area contributed by atoms with Gasteiger partial charge in [0.1, 0.15) is 5.75 Å². The quantitative estimate of drug-likeness (QED) is 0.620. The minimum Gasteiger partial charge on any atom is -0.406 e. The zero-order valence-electron chi connectivity index (χ0n) is 9.91. The first-order valence-electron chi connectivity index (χ1n) is 5.64. The lowest BCUT2D eigenvalue weighted by molar-refractivity contribution is -0.274. The third-order valence-electron chi connectivity index (χ3n) is 2.47. The first kappa shape index (κ1) is 14.6. The highest BCUT2D eigenvalue weighted by molar-refractivity contribution is 5.29. The largest absolute Gasteiger partial charge is 0.573 e. The molecule has 0 aliphatic rings. The summed E-state index contributed by atoms with van der Waals surface area (Å²) < 4.78 is 39.6. The number of alkyl halides is 3. The summed E-state index contributed by atoms with van der Waals surface area (Å²) in [5, 5.41) is 0. The van der Waals surface area contributed by atoms with E-state index in [1.165, 1.54) is 12.1 Å². The Hall–Kier alpha value is -1.49. The van der Waals surface area contributed by atoms with E-state index in [1.54, 1.807) is 12.1 Å². The van der Waals surface area contributed by atoms with Crippen molar-refractivity contribution in [3.63, 3.8) is 0 Å². The van der Waals surface area contributed by atoms with E-state index in [-0.39, 0.29) is 11.8 Å². The highest BCUT2D eigenvalue weighted by Crippen LogP contribution is 2.25. The number of unbranched alkanes of at least 4 members (excludes halogenated alkanes) is 1. The molecular weight excluding hydrogens is 243 g/mol. The van der Waals surface area contributed by atoms with Crippen molar-refractivity contribution in [2.75, 3.05) is 0 Å². The number of allylic oxidation sites excluding steroid dienone is 1. The van der Waals surface area contributed by atoms with Crippen molar-refractivity contribution in [3.8, 4) is 5.75 Å². The van der Waals surface area contributed by atoms with Gasteiger partial charge in [-0.05, 0) is 37.0 Å². The summed E-state index contributed by atoms with van der Waals surface area (Å²) in [5.74, 6) is -0.232. The van der Waals surface area contributed by atoms with Crippen LogP contribution in [-0.2, 0) is 0 Å². The Morgan fingerprint density at radius 1 is 1.28 bits per heavy atom. The number of hydrogen-bond donors (Lipinski definition) is 1. The minimum atomic E-state index is -4.66. The summed E-state index contributed by atoms with van der Waals surface area (Å²) in [7, 11) is 0. The fourth-order valence-electron chi connectivity index (χ4n) is 1.57. The summed E-state index contributed by atoms with van der Waals surface area (Å²) >= 11 is 0. The maximum absolute atomic E-state index is 11.9. The topological polar surface area (TPSA) is 35.2 Å². The van der Waals surface area contributed by atoms with Crippen molar-refractivity contribution in [2.45, 2.75) is 31.7 Å². The molecular formula is C13H16F3NO. The van der Waals surface area contributed by atoms with Crippen LogP contribution in [-0.4, -0.2) is 6.36 Å². The lowest BCUT2D eigenvalue weighted by Gasteiger charge is -2.13. The van der Waals surface area contributed by atoms with Gasteiger partial charge in [0, 0.05) is 6.04 Å². The van der Waals surface area contributed by atoms with Gasteiger partial charge < -0.3 is 10.5 Å². The van der Waals surface area contributed by atoms with Crippen LogP contribution in [0.2, 0.25) is 0 Å². The maximum atomic E-state index is 11.9. The molecule has 0 radical (unpaired) electrons. The van der Waals surface area contributed by atoms with Crippen molar-refractivity contribution < 1.29 is 17.9 Å². The molecule has 0 spiro atoms. The zero-order chi connectivity index (χ0) is 13.6. The van der Waals surface area contributed by atoms with Crippen molar-refractivity contribution >= 4 is 0 Å². The number of benzene rings is 1. The fraction of sp³-hybridized carbons (Fsp3) is 0.385. The second kappa shape index (κ2) is 6.44. The third kappa shape index (κ3) is 5.23. The third-order valence-corrected chi connectivity index (χ3v) is 2.47. The molecule has 18 heavy (non-hydrogen) atoms. The summed E-state index contributed by atoms with van der Waals surface area (Å²) in [5.41, 5.74) is 6.72. The second-order valence-electron chi connectivity index (χ2n) is 3.94. The van der Waals surface area contributed by atoms with E-state index in [4.69, 9.17) is 5.73 Å². The normalized spacial score (nSPS) is 13.1. The molecule has 0 aliphatic carbocycles. The summed E-state index contributed by atoms with van der Waals surface area (Å²) in [6, 6.07) is 5.48. The molecule has 1 atom stereocenters. The molecule has 1 aromatic carbocycles. The Labute approximate surface area is 104 Å². The standard InChI is InChI=1S/C13H16F3NO/c1-2-3-4-5-12(17)10-6-8-11(9-7-10)18-13(14,15)16/h2,6-9,12H,1,3-5,17H2. The monoisotopic (exact) mass is 259 g/mol. The smallest absolute Gasteiger partial charge is 0.406 e. The summed E-state index contributed by atoms with van der Waals surface area (Å²) in [6.07, 6.45) is -0.291. The Morgan fingerprint density at radius 3 is 2.39 bits per heavy atom. The molecule has 0 saturated heterocycles. The van der Waals surface area contributed by atoms with Crippen LogP contribution in [0.5, 0.6) is 5.75 Å². The number of ether oxygens (including phenoxy) is 1. The molecule has 1 aromatic rings. The molecule has 0 heterocycles. The second-order valence-corrected chi connectivity index (χ2v) is 3.94. The van der Waals surface area contributed by atoms with Crippen molar-refractivity contribution in [1.29, 1.82) is 0 Å². The van der Waals surface area contributed by atoms with Crippen LogP contribution in [0.3, 0.4) is 0 Å². The minimum absolute atomic E-state index is 0.176. The number of nitrogens with two attached hydrogens (primary N) is 1. The van der Waals surface area contributed by atoms with Crippen molar-refractivity contribution in [3.05, 3.63) is 42.5 Å². The van der Waals surface area contributed by atoms with Crippen LogP contribution in [0.15, 0.2) is 36.9 Å². The van der Waals surface area contributed by atoms with Crippen LogP contribution in [0, 0.1) is 0 Å². The Bertz CT molecular complexity index is 373. The Kier molecular flexibility index (Phi) is 5.22. The van der Waals surface area contributed by atoms with Crippen molar-refractivity contribution in [2.24, 2.45) is 5.73 Å². The molecule has 5 heteroatoms. The van der Waals surface area contributed by atoms with Gasteiger partial charge in [0.2, 0.25) is 0 Å². The maximum Gasteiger partial charge on any atom is 0.573 e. The van der Waals surface area contributed by atoms with Gasteiger partial charge in [-0.1, -0.05) is 18.2 Å². The van der Waals surface area contributed by atoms with Gasteiger partial charge in [-0.25, -0.2) is 0 Å². The van der Waals surface area contributed by atoms with Crippen LogP contribution < -0.4 is 10.5 Å². The summed E-state index contributed by atoms with van der Waals surface area (Å²) in [6.45, 7) is 3.61. The lowest BCUT2D eigenvalue weighted by Crippen LogP contribution is -2.17.